The molecule has 3 rings (SSSR count). The van der Waals surface area contributed by atoms with Gasteiger partial charge < -0.3 is 15.2 Å². The van der Waals surface area contributed by atoms with Gasteiger partial charge in [0.1, 0.15) is 11.3 Å². The number of halogens is 4. The Kier molecular flexibility index (Phi) is 5.55. The first-order chi connectivity index (χ1) is 13.7. The summed E-state index contributed by atoms with van der Waals surface area (Å²) in [6, 6.07) is 9.48. The predicted molar refractivity (Wildman–Crippen MR) is 102 cm³/mol. The van der Waals surface area contributed by atoms with E-state index in [0.29, 0.717) is 16.5 Å². The second kappa shape index (κ2) is 7.92. The van der Waals surface area contributed by atoms with Crippen LogP contribution in [0.1, 0.15) is 10.4 Å². The molecule has 0 bridgehead atoms. The quantitative estimate of drug-likeness (QED) is 0.333. The van der Waals surface area contributed by atoms with Crippen molar-refractivity contribution in [3.8, 4) is 11.5 Å². The third-order valence-corrected chi connectivity index (χ3v) is 4.20. The van der Waals surface area contributed by atoms with Crippen molar-refractivity contribution in [2.45, 2.75) is 0 Å². The molecule has 0 heterocycles. The smallest absolute Gasteiger partial charge is 0.263 e. The molecular formula is C19H12F4N2O3S. The molecule has 3 aromatic carbocycles. The van der Waals surface area contributed by atoms with Crippen LogP contribution in [-0.2, 0) is 0 Å². The number of carbonyl (C=O) groups is 1. The van der Waals surface area contributed by atoms with Crippen molar-refractivity contribution in [3.05, 3.63) is 65.2 Å². The van der Waals surface area contributed by atoms with E-state index in [1.807, 2.05) is 5.32 Å². The summed E-state index contributed by atoms with van der Waals surface area (Å²) in [5.74, 6) is -10.2. The van der Waals surface area contributed by atoms with Gasteiger partial charge in [-0.1, -0.05) is 12.1 Å². The highest BCUT2D eigenvalue weighted by atomic mass is 32.1. The lowest BCUT2D eigenvalue weighted by atomic mass is 10.1. The molecule has 1 amide bonds. The summed E-state index contributed by atoms with van der Waals surface area (Å²) in [6.45, 7) is 0. The molecule has 0 aliphatic heterocycles. The number of fused-ring (bicyclic) bond motifs is 1. The molecule has 0 aromatic heterocycles. The van der Waals surface area contributed by atoms with Crippen LogP contribution in [0.3, 0.4) is 0 Å². The maximum Gasteiger partial charge on any atom is 0.263 e. The van der Waals surface area contributed by atoms with Crippen molar-refractivity contribution >= 4 is 39.7 Å². The Hall–Kier alpha value is -3.40. The molecule has 0 saturated carbocycles. The fourth-order valence-corrected chi connectivity index (χ4v) is 2.89. The zero-order valence-corrected chi connectivity index (χ0v) is 15.5. The van der Waals surface area contributed by atoms with E-state index in [9.17, 15) is 27.5 Å². The Morgan fingerprint density at radius 2 is 1.69 bits per heavy atom. The zero-order valence-electron chi connectivity index (χ0n) is 14.6. The molecule has 0 aliphatic carbocycles. The standard InChI is InChI=1S/C19H12F4N2O3S/c1-28-17-15(22)13(20)12(14(21)16(17)23)18(27)25-19(29)24-11-4-2-3-8-7-9(26)5-6-10(8)11/h2-7,26H,1H3,(H2,24,25,27,29). The molecule has 0 aliphatic rings. The molecule has 0 atom stereocenters. The largest absolute Gasteiger partial charge is 0.508 e. The van der Waals surface area contributed by atoms with Gasteiger partial charge in [-0.25, -0.2) is 8.78 Å². The van der Waals surface area contributed by atoms with Crippen molar-refractivity contribution < 1.29 is 32.2 Å². The fourth-order valence-electron chi connectivity index (χ4n) is 2.69. The SMILES string of the molecule is COc1c(F)c(F)c(C(=O)NC(=S)Nc2cccc3cc(O)ccc23)c(F)c1F. The van der Waals surface area contributed by atoms with Crippen LogP contribution < -0.4 is 15.4 Å². The lowest BCUT2D eigenvalue weighted by Crippen LogP contribution is -2.35. The van der Waals surface area contributed by atoms with Crippen molar-refractivity contribution in [2.75, 3.05) is 12.4 Å². The number of ether oxygens (including phenoxy) is 1. The van der Waals surface area contributed by atoms with Crippen molar-refractivity contribution in [1.29, 1.82) is 0 Å². The van der Waals surface area contributed by atoms with Crippen LogP contribution in [0.25, 0.3) is 10.8 Å². The predicted octanol–water partition coefficient (Wildman–Crippen LogP) is 4.24. The molecule has 0 fully saturated rings. The highest BCUT2D eigenvalue weighted by Gasteiger charge is 2.30. The third kappa shape index (κ3) is 3.79. The van der Waals surface area contributed by atoms with Crippen molar-refractivity contribution in [2.24, 2.45) is 0 Å². The van der Waals surface area contributed by atoms with E-state index in [1.54, 1.807) is 24.3 Å². The molecule has 0 saturated heterocycles. The van der Waals surface area contributed by atoms with Crippen LogP contribution in [0.5, 0.6) is 11.5 Å². The van der Waals surface area contributed by atoms with Crippen LogP contribution in [0, 0.1) is 23.3 Å². The number of methoxy groups -OCH3 is 1. The van der Waals surface area contributed by atoms with E-state index in [4.69, 9.17) is 12.2 Å². The monoisotopic (exact) mass is 424 g/mol. The third-order valence-electron chi connectivity index (χ3n) is 3.99. The molecule has 0 unspecified atom stereocenters. The minimum Gasteiger partial charge on any atom is -0.508 e. The summed E-state index contributed by atoms with van der Waals surface area (Å²) in [5, 5.41) is 15.1. The molecular weight excluding hydrogens is 412 g/mol. The summed E-state index contributed by atoms with van der Waals surface area (Å²) < 4.78 is 60.0. The second-order valence-electron chi connectivity index (χ2n) is 5.78. The lowest BCUT2D eigenvalue weighted by Gasteiger charge is -2.14. The average molecular weight is 424 g/mol. The Balaban J connectivity index is 1.87. The number of phenols is 1. The first kappa shape index (κ1) is 20.3. The van der Waals surface area contributed by atoms with Gasteiger partial charge in [0.05, 0.1) is 7.11 Å². The molecule has 3 N–H and O–H groups in total. The molecule has 150 valence electrons. The Morgan fingerprint density at radius 1 is 1.03 bits per heavy atom. The summed E-state index contributed by atoms with van der Waals surface area (Å²) in [4.78, 5) is 12.2. The van der Waals surface area contributed by atoms with E-state index in [-0.39, 0.29) is 10.9 Å². The van der Waals surface area contributed by atoms with E-state index in [0.717, 1.165) is 7.11 Å². The van der Waals surface area contributed by atoms with E-state index < -0.39 is 40.5 Å². The maximum atomic E-state index is 14.1. The first-order valence-corrected chi connectivity index (χ1v) is 8.39. The Labute approximate surface area is 166 Å². The van der Waals surface area contributed by atoms with Crippen LogP contribution in [-0.4, -0.2) is 23.2 Å². The number of hydrogen-bond acceptors (Lipinski definition) is 4. The van der Waals surface area contributed by atoms with Crippen LogP contribution in [0.4, 0.5) is 23.2 Å². The zero-order chi connectivity index (χ0) is 21.3. The second-order valence-corrected chi connectivity index (χ2v) is 6.19. The van der Waals surface area contributed by atoms with Gasteiger partial charge in [-0.2, -0.15) is 8.78 Å². The lowest BCUT2D eigenvalue weighted by molar-refractivity contribution is 0.0966. The van der Waals surface area contributed by atoms with Gasteiger partial charge in [0, 0.05) is 11.1 Å². The number of hydrogen-bond donors (Lipinski definition) is 3. The Bertz CT molecular complexity index is 1120. The van der Waals surface area contributed by atoms with E-state index >= 15 is 0 Å². The molecule has 29 heavy (non-hydrogen) atoms. The minimum atomic E-state index is -1.92. The number of amides is 1. The van der Waals surface area contributed by atoms with Gasteiger partial charge in [-0.3, -0.25) is 10.1 Å². The number of benzene rings is 3. The molecule has 3 aromatic rings. The van der Waals surface area contributed by atoms with E-state index in [2.05, 4.69) is 10.1 Å². The van der Waals surface area contributed by atoms with E-state index in [1.165, 1.54) is 12.1 Å². The van der Waals surface area contributed by atoms with Gasteiger partial charge in [-0.15, -0.1) is 0 Å². The van der Waals surface area contributed by atoms with Gasteiger partial charge in [-0.05, 0) is 41.9 Å². The van der Waals surface area contributed by atoms with Gasteiger partial charge in [0.2, 0.25) is 11.6 Å². The van der Waals surface area contributed by atoms with Crippen molar-refractivity contribution in [1.82, 2.24) is 5.32 Å². The normalized spacial score (nSPS) is 10.7. The van der Waals surface area contributed by atoms with Crippen LogP contribution in [0.2, 0.25) is 0 Å². The summed E-state index contributed by atoms with van der Waals surface area (Å²) >= 11 is 4.95. The number of nitrogens with one attached hydrogen (secondary N) is 2. The topological polar surface area (TPSA) is 70.6 Å². The van der Waals surface area contributed by atoms with Crippen molar-refractivity contribution in [3.63, 3.8) is 0 Å². The summed E-state index contributed by atoms with van der Waals surface area (Å²) in [5.41, 5.74) is -1.06. The number of aromatic hydroxyl groups is 1. The van der Waals surface area contributed by atoms with Crippen LogP contribution >= 0.6 is 12.2 Å². The number of anilines is 1. The van der Waals surface area contributed by atoms with Gasteiger partial charge >= 0.3 is 0 Å². The molecule has 0 spiro atoms. The number of thiocarbonyl (C=S) groups is 1. The number of carbonyl (C=O) groups excluding carboxylic acids is 1. The fraction of sp³-hybridized carbons (Fsp3) is 0.0526. The van der Waals surface area contributed by atoms with Gasteiger partial charge in [0.15, 0.2) is 22.5 Å². The number of phenolic OH excluding ortho intramolecular Hbond substituents is 1. The number of rotatable bonds is 3. The maximum absolute atomic E-state index is 14.1. The molecule has 0 radical (unpaired) electrons. The molecule has 10 heteroatoms. The molecule has 5 nitrogen and oxygen atoms in total. The minimum absolute atomic E-state index is 0.0417. The van der Waals surface area contributed by atoms with Gasteiger partial charge in [0.25, 0.3) is 5.91 Å². The Morgan fingerprint density at radius 3 is 2.31 bits per heavy atom. The average Bonchev–Trinajstić information content (AvgIpc) is 2.67. The highest BCUT2D eigenvalue weighted by molar-refractivity contribution is 7.80. The summed E-state index contributed by atoms with van der Waals surface area (Å²) in [6.07, 6.45) is 0. The van der Waals surface area contributed by atoms with Crippen LogP contribution in [0.15, 0.2) is 36.4 Å². The summed E-state index contributed by atoms with van der Waals surface area (Å²) in [7, 11) is 0.823. The highest BCUT2D eigenvalue weighted by Crippen LogP contribution is 2.30. The first-order valence-electron chi connectivity index (χ1n) is 7.98.